The molecule has 16 heavy (non-hydrogen) atoms. The van der Waals surface area contributed by atoms with E-state index < -0.39 is 0 Å². The van der Waals surface area contributed by atoms with Gasteiger partial charge in [0.2, 0.25) is 0 Å². The van der Waals surface area contributed by atoms with E-state index in [-0.39, 0.29) is 6.10 Å². The van der Waals surface area contributed by atoms with Crippen molar-refractivity contribution in [3.05, 3.63) is 12.4 Å². The maximum Gasteiger partial charge on any atom is 0.257 e. The normalized spacial score (nSPS) is 10.5. The van der Waals surface area contributed by atoms with Crippen molar-refractivity contribution < 1.29 is 9.47 Å². The Morgan fingerprint density at radius 2 is 2.06 bits per heavy atom. The van der Waals surface area contributed by atoms with Crippen molar-refractivity contribution in [3.63, 3.8) is 0 Å². The van der Waals surface area contributed by atoms with Crippen LogP contribution in [0.15, 0.2) is 12.4 Å². The highest BCUT2D eigenvalue weighted by Gasteiger charge is 2.07. The van der Waals surface area contributed by atoms with Crippen molar-refractivity contribution in [2.45, 2.75) is 26.9 Å². The quantitative estimate of drug-likeness (QED) is 0.716. The molecule has 0 saturated carbocycles. The van der Waals surface area contributed by atoms with Crippen LogP contribution in [0.5, 0.6) is 5.88 Å². The first-order valence-corrected chi connectivity index (χ1v) is 5.53. The van der Waals surface area contributed by atoms with Gasteiger partial charge >= 0.3 is 0 Å². The van der Waals surface area contributed by atoms with Crippen LogP contribution in [0, 0.1) is 0 Å². The predicted molar refractivity (Wildman–Crippen MR) is 62.8 cm³/mol. The Morgan fingerprint density at radius 3 is 2.75 bits per heavy atom. The van der Waals surface area contributed by atoms with E-state index in [2.05, 4.69) is 15.3 Å². The Labute approximate surface area is 96.2 Å². The summed E-state index contributed by atoms with van der Waals surface area (Å²) in [6.07, 6.45) is 3.34. The van der Waals surface area contributed by atoms with E-state index in [0.717, 1.165) is 6.61 Å². The number of ether oxygens (including phenoxy) is 2. The topological polar surface area (TPSA) is 56.3 Å². The first-order valence-electron chi connectivity index (χ1n) is 5.53. The fourth-order valence-electron chi connectivity index (χ4n) is 1.14. The van der Waals surface area contributed by atoms with Crippen molar-refractivity contribution >= 4 is 5.82 Å². The summed E-state index contributed by atoms with van der Waals surface area (Å²) in [5, 5.41) is 3.13. The average Bonchev–Trinajstić information content (AvgIpc) is 2.26. The SMILES string of the molecule is CCOCCNc1nccnc1OC(C)C. The fraction of sp³-hybridized carbons (Fsp3) is 0.636. The van der Waals surface area contributed by atoms with E-state index in [1.54, 1.807) is 12.4 Å². The molecule has 0 aliphatic rings. The first kappa shape index (κ1) is 12.7. The van der Waals surface area contributed by atoms with E-state index in [9.17, 15) is 0 Å². The zero-order valence-electron chi connectivity index (χ0n) is 10.1. The van der Waals surface area contributed by atoms with Crippen molar-refractivity contribution in [1.82, 2.24) is 9.97 Å². The molecule has 5 nitrogen and oxygen atoms in total. The van der Waals surface area contributed by atoms with Crippen molar-refractivity contribution in [2.75, 3.05) is 25.1 Å². The van der Waals surface area contributed by atoms with Gasteiger partial charge in [-0.25, -0.2) is 9.97 Å². The highest BCUT2D eigenvalue weighted by atomic mass is 16.5. The summed E-state index contributed by atoms with van der Waals surface area (Å²) >= 11 is 0. The van der Waals surface area contributed by atoms with Gasteiger partial charge in [-0.3, -0.25) is 0 Å². The highest BCUT2D eigenvalue weighted by Crippen LogP contribution is 2.18. The molecule has 0 unspecified atom stereocenters. The van der Waals surface area contributed by atoms with Crippen LogP contribution in [0.2, 0.25) is 0 Å². The molecule has 5 heteroatoms. The predicted octanol–water partition coefficient (Wildman–Crippen LogP) is 1.71. The standard InChI is InChI=1S/C11H19N3O2/c1-4-15-8-7-13-10-11(16-9(2)3)14-6-5-12-10/h5-6,9H,4,7-8H2,1-3H3,(H,12,13). The summed E-state index contributed by atoms with van der Waals surface area (Å²) in [5.41, 5.74) is 0. The Balaban J connectivity index is 2.50. The van der Waals surface area contributed by atoms with E-state index in [4.69, 9.17) is 9.47 Å². The second-order valence-corrected chi connectivity index (χ2v) is 3.50. The maximum atomic E-state index is 5.53. The zero-order chi connectivity index (χ0) is 11.8. The molecule has 0 aliphatic carbocycles. The molecule has 0 radical (unpaired) electrons. The summed E-state index contributed by atoms with van der Waals surface area (Å²) in [5.74, 6) is 1.20. The largest absolute Gasteiger partial charge is 0.472 e. The van der Waals surface area contributed by atoms with Gasteiger partial charge in [-0.2, -0.15) is 0 Å². The Bertz CT molecular complexity index is 305. The lowest BCUT2D eigenvalue weighted by Crippen LogP contribution is -2.14. The highest BCUT2D eigenvalue weighted by molar-refractivity contribution is 5.44. The molecule has 0 atom stereocenters. The molecular formula is C11H19N3O2. The molecular weight excluding hydrogens is 206 g/mol. The minimum Gasteiger partial charge on any atom is -0.472 e. The van der Waals surface area contributed by atoms with Crippen LogP contribution in [0.25, 0.3) is 0 Å². The molecule has 1 aromatic rings. The lowest BCUT2D eigenvalue weighted by atomic mass is 10.5. The molecule has 0 aliphatic heterocycles. The molecule has 1 rings (SSSR count). The molecule has 1 N–H and O–H groups in total. The molecule has 0 saturated heterocycles. The summed E-state index contributed by atoms with van der Waals surface area (Å²) in [6, 6.07) is 0. The third kappa shape index (κ3) is 4.44. The van der Waals surface area contributed by atoms with E-state index in [1.807, 2.05) is 20.8 Å². The van der Waals surface area contributed by atoms with E-state index in [1.165, 1.54) is 0 Å². The summed E-state index contributed by atoms with van der Waals surface area (Å²) in [7, 11) is 0. The maximum absolute atomic E-state index is 5.53. The van der Waals surface area contributed by atoms with Gasteiger partial charge in [0.1, 0.15) is 0 Å². The van der Waals surface area contributed by atoms with Crippen LogP contribution in [-0.2, 0) is 4.74 Å². The van der Waals surface area contributed by atoms with Gasteiger partial charge in [0.05, 0.1) is 12.7 Å². The molecule has 0 bridgehead atoms. The lowest BCUT2D eigenvalue weighted by molar-refractivity contribution is 0.158. The molecule has 1 aromatic heterocycles. The van der Waals surface area contributed by atoms with Crippen LogP contribution < -0.4 is 10.1 Å². The van der Waals surface area contributed by atoms with Crippen molar-refractivity contribution in [2.24, 2.45) is 0 Å². The monoisotopic (exact) mass is 225 g/mol. The number of anilines is 1. The molecule has 0 amide bonds. The zero-order valence-corrected chi connectivity index (χ0v) is 10.1. The molecule has 0 aromatic carbocycles. The average molecular weight is 225 g/mol. The lowest BCUT2D eigenvalue weighted by Gasteiger charge is -2.12. The van der Waals surface area contributed by atoms with Crippen LogP contribution in [0.3, 0.4) is 0 Å². The molecule has 0 spiro atoms. The molecule has 1 heterocycles. The van der Waals surface area contributed by atoms with E-state index in [0.29, 0.717) is 24.8 Å². The van der Waals surface area contributed by atoms with Crippen LogP contribution in [0.1, 0.15) is 20.8 Å². The van der Waals surface area contributed by atoms with Gasteiger partial charge in [0.15, 0.2) is 5.82 Å². The summed E-state index contributed by atoms with van der Waals surface area (Å²) in [6.45, 7) is 7.94. The third-order valence-corrected chi connectivity index (χ3v) is 1.75. The van der Waals surface area contributed by atoms with E-state index >= 15 is 0 Å². The van der Waals surface area contributed by atoms with Gasteiger partial charge in [-0.05, 0) is 20.8 Å². The Kier molecular flexibility index (Phi) is 5.56. The molecule has 0 fully saturated rings. The van der Waals surface area contributed by atoms with Gasteiger partial charge in [-0.15, -0.1) is 0 Å². The Morgan fingerprint density at radius 1 is 1.31 bits per heavy atom. The van der Waals surface area contributed by atoms with Crippen LogP contribution in [0.4, 0.5) is 5.82 Å². The number of hydrogen-bond donors (Lipinski definition) is 1. The van der Waals surface area contributed by atoms with Crippen molar-refractivity contribution in [1.29, 1.82) is 0 Å². The second-order valence-electron chi connectivity index (χ2n) is 3.50. The van der Waals surface area contributed by atoms with Gasteiger partial charge in [0, 0.05) is 25.5 Å². The van der Waals surface area contributed by atoms with Crippen molar-refractivity contribution in [3.8, 4) is 5.88 Å². The minimum absolute atomic E-state index is 0.0872. The second kappa shape index (κ2) is 7.00. The van der Waals surface area contributed by atoms with Gasteiger partial charge in [-0.1, -0.05) is 0 Å². The third-order valence-electron chi connectivity index (χ3n) is 1.75. The number of nitrogens with zero attached hydrogens (tertiary/aromatic N) is 2. The fourth-order valence-corrected chi connectivity index (χ4v) is 1.14. The minimum atomic E-state index is 0.0872. The number of nitrogens with one attached hydrogen (secondary N) is 1. The summed E-state index contributed by atoms with van der Waals surface area (Å²) in [4.78, 5) is 8.30. The van der Waals surface area contributed by atoms with Gasteiger partial charge < -0.3 is 14.8 Å². The first-order chi connectivity index (χ1) is 7.74. The van der Waals surface area contributed by atoms with Gasteiger partial charge in [0.25, 0.3) is 5.88 Å². The number of aromatic nitrogens is 2. The number of rotatable bonds is 7. The smallest absolute Gasteiger partial charge is 0.257 e. The van der Waals surface area contributed by atoms with Crippen LogP contribution >= 0.6 is 0 Å². The Hall–Kier alpha value is -1.36. The van der Waals surface area contributed by atoms with Crippen LogP contribution in [-0.4, -0.2) is 35.8 Å². The summed E-state index contributed by atoms with van der Waals surface area (Å²) < 4.78 is 10.8. The number of hydrogen-bond acceptors (Lipinski definition) is 5. The molecule has 90 valence electrons.